The lowest BCUT2D eigenvalue weighted by Crippen LogP contribution is -2.55. The van der Waals surface area contributed by atoms with E-state index in [-0.39, 0.29) is 0 Å². The van der Waals surface area contributed by atoms with Crippen LogP contribution in [0.3, 0.4) is 0 Å². The van der Waals surface area contributed by atoms with Crippen molar-refractivity contribution in [3.05, 3.63) is 17.2 Å². The van der Waals surface area contributed by atoms with Crippen LogP contribution < -0.4 is 4.74 Å². The lowest BCUT2D eigenvalue weighted by molar-refractivity contribution is -0.232. The van der Waals surface area contributed by atoms with Gasteiger partial charge in [-0.2, -0.15) is 0 Å². The smallest absolute Gasteiger partial charge is 0.336 e. The third kappa shape index (κ3) is 2.85. The van der Waals surface area contributed by atoms with Gasteiger partial charge in [-0.1, -0.05) is 0 Å². The van der Waals surface area contributed by atoms with Gasteiger partial charge in [-0.3, -0.25) is 0 Å². The van der Waals surface area contributed by atoms with E-state index in [1.54, 1.807) is 0 Å². The summed E-state index contributed by atoms with van der Waals surface area (Å²) in [4.78, 5) is 11.4. The highest BCUT2D eigenvalue weighted by Gasteiger charge is 2.46. The number of hydrogen-bond acceptors (Lipinski definition) is 9. The predicted molar refractivity (Wildman–Crippen MR) is 76.0 cm³/mol. The fourth-order valence-electron chi connectivity index (χ4n) is 2.66. The average Bonchev–Trinajstić information content (AvgIpc) is 2.53. The summed E-state index contributed by atoms with van der Waals surface area (Å²) in [5.74, 6) is -3.46. The number of rotatable bonds is 4. The number of aromatic hydroxyl groups is 2. The Balaban J connectivity index is 2.63. The quantitative estimate of drug-likeness (QED) is 0.333. The largest absolute Gasteiger partial charge is 0.504 e. The molecule has 1 saturated heterocycles. The number of carboxylic acid groups (broad SMARTS) is 1. The molecule has 1 aliphatic heterocycles. The molecule has 0 aliphatic carbocycles. The highest BCUT2D eigenvalue weighted by molar-refractivity contribution is 5.92. The second-order valence-corrected chi connectivity index (χ2v) is 5.29. The number of aliphatic hydroxyl groups excluding tert-OH is 4. The Labute approximate surface area is 135 Å². The summed E-state index contributed by atoms with van der Waals surface area (Å²) in [5.41, 5.74) is -1.07. The molecule has 1 aromatic rings. The van der Waals surface area contributed by atoms with Gasteiger partial charge in [0.15, 0.2) is 11.5 Å². The first-order chi connectivity index (χ1) is 11.2. The van der Waals surface area contributed by atoms with Crippen LogP contribution in [-0.4, -0.2) is 79.8 Å². The van der Waals surface area contributed by atoms with Crippen LogP contribution in [-0.2, 0) is 4.74 Å². The van der Waals surface area contributed by atoms with Gasteiger partial charge in [-0.25, -0.2) is 4.79 Å². The molecule has 1 fully saturated rings. The molecule has 0 radical (unpaired) electrons. The van der Waals surface area contributed by atoms with Crippen molar-refractivity contribution in [1.29, 1.82) is 0 Å². The molecule has 0 unspecified atom stereocenters. The Hall–Kier alpha value is -2.11. The minimum Gasteiger partial charge on any atom is -0.504 e. The van der Waals surface area contributed by atoms with E-state index in [0.29, 0.717) is 0 Å². The van der Waals surface area contributed by atoms with Gasteiger partial charge in [-0.15, -0.1) is 0 Å². The van der Waals surface area contributed by atoms with E-state index < -0.39 is 71.5 Å². The normalized spacial score (nSPS) is 30.1. The molecule has 5 atom stereocenters. The van der Waals surface area contributed by atoms with Gasteiger partial charge in [0, 0.05) is 5.56 Å². The summed E-state index contributed by atoms with van der Waals surface area (Å²) < 4.78 is 10.0. The number of hydrogen-bond donors (Lipinski definition) is 7. The minimum atomic E-state index is -1.80. The summed E-state index contributed by atoms with van der Waals surface area (Å²) in [6.45, 7) is -0.722. The highest BCUT2D eigenvalue weighted by Crippen LogP contribution is 2.46. The third-order valence-corrected chi connectivity index (χ3v) is 3.89. The van der Waals surface area contributed by atoms with Gasteiger partial charge in [0.25, 0.3) is 0 Å². The Morgan fingerprint density at radius 2 is 1.83 bits per heavy atom. The first-order valence-corrected chi connectivity index (χ1v) is 6.91. The van der Waals surface area contributed by atoms with Crippen LogP contribution in [0.2, 0.25) is 0 Å². The number of carbonyl (C=O) groups is 1. The van der Waals surface area contributed by atoms with E-state index in [4.69, 9.17) is 9.47 Å². The van der Waals surface area contributed by atoms with E-state index in [1.165, 1.54) is 0 Å². The van der Waals surface area contributed by atoms with E-state index in [1.807, 2.05) is 0 Å². The molecule has 10 heteroatoms. The van der Waals surface area contributed by atoms with Crippen molar-refractivity contribution in [2.75, 3.05) is 13.7 Å². The Morgan fingerprint density at radius 1 is 1.21 bits per heavy atom. The maximum absolute atomic E-state index is 11.4. The molecular formula is C14H18O10. The van der Waals surface area contributed by atoms with Crippen molar-refractivity contribution in [2.24, 2.45) is 0 Å². The summed E-state index contributed by atoms with van der Waals surface area (Å²) in [6, 6.07) is 0.789. The van der Waals surface area contributed by atoms with E-state index >= 15 is 0 Å². The van der Waals surface area contributed by atoms with Crippen LogP contribution >= 0.6 is 0 Å². The molecular weight excluding hydrogens is 328 g/mol. The molecule has 1 aliphatic rings. The van der Waals surface area contributed by atoms with Crippen molar-refractivity contribution in [2.45, 2.75) is 30.5 Å². The van der Waals surface area contributed by atoms with Crippen LogP contribution in [0, 0.1) is 0 Å². The topological polar surface area (TPSA) is 177 Å². The van der Waals surface area contributed by atoms with Gasteiger partial charge in [0.1, 0.15) is 30.5 Å². The van der Waals surface area contributed by atoms with Crippen LogP contribution in [0.5, 0.6) is 17.2 Å². The standard InChI is InChI=1S/C14H18O10/c1-23-12-5(16)2-4(14(21)22)7(9(12)18)13-11(20)10(19)8(17)6(3-15)24-13/h2,6,8,10-11,13,15-20H,3H2,1H3,(H,21,22)/t6-,8+,10-,11-,13+/m1/s1. The van der Waals surface area contributed by atoms with E-state index in [0.717, 1.165) is 13.2 Å². The van der Waals surface area contributed by atoms with Gasteiger partial charge in [-0.05, 0) is 6.07 Å². The number of methoxy groups -OCH3 is 1. The van der Waals surface area contributed by atoms with Gasteiger partial charge in [0.05, 0.1) is 19.3 Å². The monoisotopic (exact) mass is 346 g/mol. The zero-order valence-corrected chi connectivity index (χ0v) is 12.5. The highest BCUT2D eigenvalue weighted by atomic mass is 16.5. The van der Waals surface area contributed by atoms with Gasteiger partial charge < -0.3 is 45.2 Å². The summed E-state index contributed by atoms with van der Waals surface area (Å²) >= 11 is 0. The van der Waals surface area contributed by atoms with Crippen LogP contribution in [0.1, 0.15) is 22.0 Å². The van der Waals surface area contributed by atoms with E-state index in [9.17, 15) is 40.5 Å². The molecule has 24 heavy (non-hydrogen) atoms. The number of aliphatic hydroxyl groups is 4. The van der Waals surface area contributed by atoms with Crippen LogP contribution in [0.4, 0.5) is 0 Å². The predicted octanol–water partition coefficient (Wildman–Crippen LogP) is -1.68. The SMILES string of the molecule is COc1c(O)cc(C(=O)O)c([C@@H]2O[C@H](CO)[C@H](O)[C@@H](O)[C@H]2O)c1O. The number of benzene rings is 1. The summed E-state index contributed by atoms with van der Waals surface area (Å²) in [5, 5.41) is 68.2. The maximum atomic E-state index is 11.4. The molecule has 7 N–H and O–H groups in total. The van der Waals surface area contributed by atoms with Gasteiger partial charge in [0.2, 0.25) is 5.75 Å². The molecule has 134 valence electrons. The molecule has 0 saturated carbocycles. The third-order valence-electron chi connectivity index (χ3n) is 3.89. The van der Waals surface area contributed by atoms with Crippen molar-refractivity contribution >= 4 is 5.97 Å². The van der Waals surface area contributed by atoms with Crippen molar-refractivity contribution in [1.82, 2.24) is 0 Å². The minimum absolute atomic E-state index is 0.452. The van der Waals surface area contributed by atoms with Gasteiger partial charge >= 0.3 is 5.97 Å². The molecule has 1 heterocycles. The molecule has 0 amide bonds. The maximum Gasteiger partial charge on any atom is 0.336 e. The van der Waals surface area contributed by atoms with E-state index in [2.05, 4.69) is 0 Å². The van der Waals surface area contributed by atoms with Crippen molar-refractivity contribution in [3.8, 4) is 17.2 Å². The molecule has 0 aromatic heterocycles. The van der Waals surface area contributed by atoms with Crippen molar-refractivity contribution in [3.63, 3.8) is 0 Å². The number of aromatic carboxylic acids is 1. The zero-order chi connectivity index (χ0) is 18.2. The molecule has 2 rings (SSSR count). The second kappa shape index (κ2) is 6.79. The number of phenolic OH excluding ortho intramolecular Hbond substituents is 2. The molecule has 0 bridgehead atoms. The van der Waals surface area contributed by atoms with Crippen LogP contribution in [0.25, 0.3) is 0 Å². The zero-order valence-electron chi connectivity index (χ0n) is 12.5. The Kier molecular flexibility index (Phi) is 5.16. The fourth-order valence-corrected chi connectivity index (χ4v) is 2.66. The summed E-state index contributed by atoms with van der Waals surface area (Å²) in [6.07, 6.45) is -8.10. The van der Waals surface area contributed by atoms with Crippen molar-refractivity contribution < 1.29 is 50.0 Å². The number of phenols is 2. The lowest BCUT2D eigenvalue weighted by atomic mass is 9.88. The first-order valence-electron chi connectivity index (χ1n) is 6.91. The Bertz CT molecular complexity index is 628. The number of ether oxygens (including phenoxy) is 2. The molecule has 1 aromatic carbocycles. The first kappa shape index (κ1) is 18.2. The lowest BCUT2D eigenvalue weighted by Gasteiger charge is -2.40. The fraction of sp³-hybridized carbons (Fsp3) is 0.500. The summed E-state index contributed by atoms with van der Waals surface area (Å²) in [7, 11) is 1.12. The second-order valence-electron chi connectivity index (χ2n) is 5.29. The molecule has 0 spiro atoms. The molecule has 10 nitrogen and oxygen atoms in total. The van der Waals surface area contributed by atoms with Crippen LogP contribution in [0.15, 0.2) is 6.07 Å². The Morgan fingerprint density at radius 3 is 2.33 bits per heavy atom. The number of carboxylic acids is 1. The average molecular weight is 346 g/mol.